The number of rotatable bonds is 4. The second-order valence-electron chi connectivity index (χ2n) is 6.17. The second kappa shape index (κ2) is 6.88. The summed E-state index contributed by atoms with van der Waals surface area (Å²) < 4.78 is 5.86. The van der Waals surface area contributed by atoms with E-state index in [0.29, 0.717) is 12.1 Å². The molecule has 0 radical (unpaired) electrons. The van der Waals surface area contributed by atoms with Gasteiger partial charge in [-0.2, -0.15) is 0 Å². The van der Waals surface area contributed by atoms with Crippen molar-refractivity contribution in [3.63, 3.8) is 0 Å². The maximum Gasteiger partial charge on any atom is 0.0826 e. The Morgan fingerprint density at radius 2 is 2.11 bits per heavy atom. The van der Waals surface area contributed by atoms with E-state index in [1.54, 1.807) is 0 Å². The summed E-state index contributed by atoms with van der Waals surface area (Å²) in [6.07, 6.45) is 4.53. The quantitative estimate of drug-likeness (QED) is 0.832. The first-order valence-electron chi connectivity index (χ1n) is 7.78. The van der Waals surface area contributed by atoms with Crippen LogP contribution in [0.5, 0.6) is 0 Å². The zero-order valence-electron chi connectivity index (χ0n) is 12.3. The number of morpholine rings is 1. The Hall–Kier alpha value is -0.120. The largest absolute Gasteiger partial charge is 0.374 e. The summed E-state index contributed by atoms with van der Waals surface area (Å²) in [4.78, 5) is 2.49. The third-order valence-corrected chi connectivity index (χ3v) is 4.98. The van der Waals surface area contributed by atoms with Gasteiger partial charge in [0.2, 0.25) is 0 Å². The highest BCUT2D eigenvalue weighted by Crippen LogP contribution is 2.29. The Morgan fingerprint density at radius 3 is 2.89 bits per heavy atom. The van der Waals surface area contributed by atoms with Crippen molar-refractivity contribution in [1.29, 1.82) is 0 Å². The monoisotopic (exact) mass is 254 g/mol. The van der Waals surface area contributed by atoms with Crippen LogP contribution in [0.3, 0.4) is 0 Å². The number of hydrogen-bond acceptors (Lipinski definition) is 3. The van der Waals surface area contributed by atoms with Crippen LogP contribution in [0.25, 0.3) is 0 Å². The fourth-order valence-electron chi connectivity index (χ4n) is 3.34. The van der Waals surface area contributed by atoms with Crippen LogP contribution in [-0.2, 0) is 4.74 Å². The van der Waals surface area contributed by atoms with Crippen molar-refractivity contribution in [2.24, 2.45) is 11.8 Å². The number of likely N-dealkylation sites (N-methyl/N-ethyl adjacent to an activating group) is 1. The average molecular weight is 254 g/mol. The van der Waals surface area contributed by atoms with Gasteiger partial charge in [-0.15, -0.1) is 0 Å². The molecule has 0 spiro atoms. The molecule has 106 valence electrons. The van der Waals surface area contributed by atoms with E-state index in [2.05, 4.69) is 31.0 Å². The molecule has 1 N–H and O–H groups in total. The molecule has 0 amide bonds. The van der Waals surface area contributed by atoms with Gasteiger partial charge in [0.05, 0.1) is 12.7 Å². The smallest absolute Gasteiger partial charge is 0.0826 e. The molecule has 0 aromatic carbocycles. The van der Waals surface area contributed by atoms with Crippen LogP contribution in [0.4, 0.5) is 0 Å². The summed E-state index contributed by atoms with van der Waals surface area (Å²) in [5.74, 6) is 1.68. The summed E-state index contributed by atoms with van der Waals surface area (Å²) in [6, 6.07) is 0.703. The zero-order chi connectivity index (χ0) is 13.0. The molecular formula is C15H30N2O. The van der Waals surface area contributed by atoms with E-state index in [9.17, 15) is 0 Å². The van der Waals surface area contributed by atoms with E-state index in [1.807, 2.05) is 0 Å². The standard InChI is InChI=1S/C15H30N2O/c1-4-17-8-9-18-14(11-17)10-16-15-7-5-6-12(2)13(15)3/h12-16H,4-11H2,1-3H3. The van der Waals surface area contributed by atoms with E-state index in [0.717, 1.165) is 44.6 Å². The van der Waals surface area contributed by atoms with Gasteiger partial charge in [0.25, 0.3) is 0 Å². The molecule has 0 aromatic heterocycles. The molecule has 1 saturated heterocycles. The fourth-order valence-corrected chi connectivity index (χ4v) is 3.34. The van der Waals surface area contributed by atoms with Gasteiger partial charge in [0, 0.05) is 25.7 Å². The van der Waals surface area contributed by atoms with Crippen molar-refractivity contribution in [2.45, 2.75) is 52.2 Å². The van der Waals surface area contributed by atoms with Crippen molar-refractivity contribution in [3.8, 4) is 0 Å². The molecule has 0 aromatic rings. The molecular weight excluding hydrogens is 224 g/mol. The zero-order valence-corrected chi connectivity index (χ0v) is 12.3. The summed E-state index contributed by atoms with van der Waals surface area (Å²) in [5, 5.41) is 3.76. The number of ether oxygens (including phenoxy) is 1. The summed E-state index contributed by atoms with van der Waals surface area (Å²) in [7, 11) is 0. The highest BCUT2D eigenvalue weighted by Gasteiger charge is 2.28. The maximum absolute atomic E-state index is 5.86. The summed E-state index contributed by atoms with van der Waals surface area (Å²) >= 11 is 0. The molecule has 2 aliphatic rings. The van der Waals surface area contributed by atoms with Crippen LogP contribution in [0.2, 0.25) is 0 Å². The minimum atomic E-state index is 0.392. The lowest BCUT2D eigenvalue weighted by Crippen LogP contribution is -2.50. The lowest BCUT2D eigenvalue weighted by Gasteiger charge is -2.37. The van der Waals surface area contributed by atoms with Gasteiger partial charge in [0.15, 0.2) is 0 Å². The van der Waals surface area contributed by atoms with E-state index in [-0.39, 0.29) is 0 Å². The van der Waals surface area contributed by atoms with Gasteiger partial charge in [-0.3, -0.25) is 4.90 Å². The molecule has 18 heavy (non-hydrogen) atoms. The highest BCUT2D eigenvalue weighted by atomic mass is 16.5. The Morgan fingerprint density at radius 1 is 1.28 bits per heavy atom. The number of hydrogen-bond donors (Lipinski definition) is 1. The van der Waals surface area contributed by atoms with Crippen molar-refractivity contribution in [1.82, 2.24) is 10.2 Å². The molecule has 4 atom stereocenters. The van der Waals surface area contributed by atoms with E-state index < -0.39 is 0 Å². The minimum Gasteiger partial charge on any atom is -0.374 e. The predicted molar refractivity (Wildman–Crippen MR) is 75.8 cm³/mol. The van der Waals surface area contributed by atoms with Crippen LogP contribution in [-0.4, -0.2) is 49.8 Å². The number of nitrogens with zero attached hydrogens (tertiary/aromatic N) is 1. The van der Waals surface area contributed by atoms with Crippen molar-refractivity contribution >= 4 is 0 Å². The minimum absolute atomic E-state index is 0.392. The number of nitrogens with one attached hydrogen (secondary N) is 1. The van der Waals surface area contributed by atoms with E-state index in [4.69, 9.17) is 4.74 Å². The Bertz CT molecular complexity index is 247. The Kier molecular flexibility index (Phi) is 5.46. The molecule has 1 saturated carbocycles. The van der Waals surface area contributed by atoms with Gasteiger partial charge < -0.3 is 10.1 Å². The van der Waals surface area contributed by atoms with Crippen LogP contribution in [0, 0.1) is 11.8 Å². The van der Waals surface area contributed by atoms with Crippen molar-refractivity contribution < 1.29 is 4.74 Å². The average Bonchev–Trinajstić information content (AvgIpc) is 2.41. The highest BCUT2D eigenvalue weighted by molar-refractivity contribution is 4.84. The van der Waals surface area contributed by atoms with Gasteiger partial charge in [-0.05, 0) is 24.8 Å². The third kappa shape index (κ3) is 3.69. The molecule has 1 heterocycles. The first-order chi connectivity index (χ1) is 8.70. The first kappa shape index (κ1) is 14.3. The second-order valence-corrected chi connectivity index (χ2v) is 6.17. The Balaban J connectivity index is 1.73. The van der Waals surface area contributed by atoms with Crippen LogP contribution in [0.15, 0.2) is 0 Å². The van der Waals surface area contributed by atoms with E-state index >= 15 is 0 Å². The molecule has 3 heteroatoms. The van der Waals surface area contributed by atoms with Crippen molar-refractivity contribution in [3.05, 3.63) is 0 Å². The predicted octanol–water partition coefficient (Wildman–Crippen LogP) is 2.12. The van der Waals surface area contributed by atoms with Crippen LogP contribution in [0.1, 0.15) is 40.0 Å². The van der Waals surface area contributed by atoms with Crippen molar-refractivity contribution in [2.75, 3.05) is 32.8 Å². The fraction of sp³-hybridized carbons (Fsp3) is 1.00. The van der Waals surface area contributed by atoms with Gasteiger partial charge in [-0.25, -0.2) is 0 Å². The normalized spacial score (nSPS) is 38.8. The molecule has 1 aliphatic heterocycles. The van der Waals surface area contributed by atoms with Gasteiger partial charge >= 0.3 is 0 Å². The molecule has 3 nitrogen and oxygen atoms in total. The molecule has 2 fully saturated rings. The third-order valence-electron chi connectivity index (χ3n) is 4.98. The molecule has 1 aliphatic carbocycles. The first-order valence-corrected chi connectivity index (χ1v) is 7.78. The lowest BCUT2D eigenvalue weighted by molar-refractivity contribution is -0.0280. The van der Waals surface area contributed by atoms with Crippen LogP contribution < -0.4 is 5.32 Å². The lowest BCUT2D eigenvalue weighted by atomic mass is 9.78. The van der Waals surface area contributed by atoms with Gasteiger partial charge in [-0.1, -0.05) is 33.6 Å². The van der Waals surface area contributed by atoms with E-state index in [1.165, 1.54) is 19.3 Å². The molecule has 0 bridgehead atoms. The van der Waals surface area contributed by atoms with Crippen LogP contribution >= 0.6 is 0 Å². The summed E-state index contributed by atoms with van der Waals surface area (Å²) in [5.41, 5.74) is 0. The molecule has 4 unspecified atom stereocenters. The SMILES string of the molecule is CCN1CCOC(CNC2CCCC(C)C2C)C1. The topological polar surface area (TPSA) is 24.5 Å². The Labute approximate surface area is 112 Å². The summed E-state index contributed by atoms with van der Waals surface area (Å²) in [6.45, 7) is 12.3. The molecule has 2 rings (SSSR count). The van der Waals surface area contributed by atoms with Gasteiger partial charge in [0.1, 0.15) is 0 Å². The maximum atomic E-state index is 5.86.